The maximum absolute atomic E-state index is 11.6. The number of hydrogen-bond acceptors (Lipinski definition) is 5. The highest BCUT2D eigenvalue weighted by atomic mass is 32.2. The van der Waals surface area contributed by atoms with E-state index in [0.717, 1.165) is 6.26 Å². The number of anilines is 1. The molecule has 0 fully saturated rings. The van der Waals surface area contributed by atoms with Gasteiger partial charge in [0, 0.05) is 19.5 Å². The first-order valence-corrected chi connectivity index (χ1v) is 7.12. The molecule has 0 saturated heterocycles. The highest BCUT2D eigenvalue weighted by Gasteiger charge is 2.12. The molecule has 96 valence electrons. The van der Waals surface area contributed by atoms with Crippen LogP contribution in [-0.4, -0.2) is 37.6 Å². The number of hydrogen-bond donors (Lipinski definition) is 1. The third-order valence-electron chi connectivity index (χ3n) is 2.13. The molecule has 2 N–H and O–H groups in total. The van der Waals surface area contributed by atoms with Crippen LogP contribution in [-0.2, 0) is 21.6 Å². The SMILES string of the molecule is Cn1cc(N)cc1C(=O)OCCCS(C)(=O)=O. The molecule has 0 saturated carbocycles. The van der Waals surface area contributed by atoms with E-state index in [1.54, 1.807) is 17.8 Å². The van der Waals surface area contributed by atoms with E-state index >= 15 is 0 Å². The van der Waals surface area contributed by atoms with Gasteiger partial charge in [-0.3, -0.25) is 0 Å². The number of esters is 1. The molecule has 17 heavy (non-hydrogen) atoms. The van der Waals surface area contributed by atoms with Crippen LogP contribution in [0.4, 0.5) is 5.69 Å². The van der Waals surface area contributed by atoms with Crippen molar-refractivity contribution in [3.63, 3.8) is 0 Å². The predicted octanol–water partition coefficient (Wildman–Crippen LogP) is 0.199. The van der Waals surface area contributed by atoms with E-state index in [9.17, 15) is 13.2 Å². The van der Waals surface area contributed by atoms with Crippen molar-refractivity contribution in [2.45, 2.75) is 6.42 Å². The van der Waals surface area contributed by atoms with Crippen LogP contribution >= 0.6 is 0 Å². The Kier molecular flexibility index (Phi) is 4.17. The first-order chi connectivity index (χ1) is 7.79. The number of rotatable bonds is 5. The van der Waals surface area contributed by atoms with Crippen molar-refractivity contribution in [1.82, 2.24) is 4.57 Å². The molecule has 7 heteroatoms. The molecular weight excluding hydrogens is 244 g/mol. The Morgan fingerprint density at radius 1 is 1.53 bits per heavy atom. The molecule has 1 heterocycles. The molecule has 0 unspecified atom stereocenters. The Bertz CT molecular complexity index is 504. The Labute approximate surface area is 100 Å². The number of ether oxygens (including phenoxy) is 1. The summed E-state index contributed by atoms with van der Waals surface area (Å²) in [7, 11) is -1.32. The van der Waals surface area contributed by atoms with Gasteiger partial charge in [-0.2, -0.15) is 0 Å². The maximum Gasteiger partial charge on any atom is 0.355 e. The quantitative estimate of drug-likeness (QED) is 0.603. The average molecular weight is 260 g/mol. The van der Waals surface area contributed by atoms with Crippen molar-refractivity contribution in [2.24, 2.45) is 7.05 Å². The molecule has 0 spiro atoms. The summed E-state index contributed by atoms with van der Waals surface area (Å²) in [6.07, 6.45) is 3.05. The van der Waals surface area contributed by atoms with Gasteiger partial charge in [0.15, 0.2) is 0 Å². The lowest BCUT2D eigenvalue weighted by Crippen LogP contribution is -2.13. The molecule has 6 nitrogen and oxygen atoms in total. The minimum absolute atomic E-state index is 0.00948. The van der Waals surface area contributed by atoms with E-state index in [1.807, 2.05) is 0 Å². The van der Waals surface area contributed by atoms with Gasteiger partial charge < -0.3 is 15.0 Å². The van der Waals surface area contributed by atoms with Crippen LogP contribution in [0.3, 0.4) is 0 Å². The maximum atomic E-state index is 11.6. The molecule has 0 amide bonds. The van der Waals surface area contributed by atoms with Gasteiger partial charge >= 0.3 is 5.97 Å². The van der Waals surface area contributed by atoms with Crippen molar-refractivity contribution < 1.29 is 17.9 Å². The van der Waals surface area contributed by atoms with Gasteiger partial charge in [0.05, 0.1) is 18.0 Å². The van der Waals surface area contributed by atoms with Crippen LogP contribution < -0.4 is 5.73 Å². The van der Waals surface area contributed by atoms with Crippen LogP contribution in [0.25, 0.3) is 0 Å². The zero-order chi connectivity index (χ0) is 13.1. The number of aryl methyl sites for hydroxylation is 1. The van der Waals surface area contributed by atoms with Gasteiger partial charge in [0.25, 0.3) is 0 Å². The first kappa shape index (κ1) is 13.6. The Balaban J connectivity index is 2.43. The van der Waals surface area contributed by atoms with Gasteiger partial charge in [-0.05, 0) is 12.5 Å². The smallest absolute Gasteiger partial charge is 0.355 e. The minimum atomic E-state index is -3.01. The molecule has 0 atom stereocenters. The molecule has 1 rings (SSSR count). The normalized spacial score (nSPS) is 11.4. The number of carbonyl (C=O) groups is 1. The molecule has 0 radical (unpaired) electrons. The molecule has 0 aliphatic carbocycles. The second kappa shape index (κ2) is 5.22. The molecule has 0 bridgehead atoms. The Morgan fingerprint density at radius 3 is 2.65 bits per heavy atom. The van der Waals surface area contributed by atoms with Crippen LogP contribution in [0, 0.1) is 0 Å². The summed E-state index contributed by atoms with van der Waals surface area (Å²) in [4.78, 5) is 11.6. The summed E-state index contributed by atoms with van der Waals surface area (Å²) in [5.74, 6) is -0.493. The second-order valence-electron chi connectivity index (χ2n) is 3.89. The van der Waals surface area contributed by atoms with Gasteiger partial charge in [0.2, 0.25) is 0 Å². The second-order valence-corrected chi connectivity index (χ2v) is 6.15. The number of aromatic nitrogens is 1. The van der Waals surface area contributed by atoms with Crippen molar-refractivity contribution in [2.75, 3.05) is 24.3 Å². The van der Waals surface area contributed by atoms with E-state index in [1.165, 1.54) is 6.07 Å². The first-order valence-electron chi connectivity index (χ1n) is 5.06. The molecule has 0 aliphatic heterocycles. The third-order valence-corrected chi connectivity index (χ3v) is 3.16. The lowest BCUT2D eigenvalue weighted by molar-refractivity contribution is 0.0494. The highest BCUT2D eigenvalue weighted by molar-refractivity contribution is 7.90. The summed E-state index contributed by atoms with van der Waals surface area (Å²) in [6.45, 7) is 0.0803. The summed E-state index contributed by atoms with van der Waals surface area (Å²) >= 11 is 0. The number of sulfone groups is 1. The fraction of sp³-hybridized carbons (Fsp3) is 0.500. The van der Waals surface area contributed by atoms with Crippen molar-refractivity contribution in [1.29, 1.82) is 0 Å². The van der Waals surface area contributed by atoms with E-state index in [4.69, 9.17) is 10.5 Å². The molecular formula is C10H16N2O4S. The summed E-state index contributed by atoms with van der Waals surface area (Å²) in [5, 5.41) is 0. The number of nitrogen functional groups attached to an aromatic ring is 1. The minimum Gasteiger partial charge on any atom is -0.461 e. The van der Waals surface area contributed by atoms with E-state index in [2.05, 4.69) is 0 Å². The van der Waals surface area contributed by atoms with Gasteiger partial charge in [0.1, 0.15) is 15.5 Å². The van der Waals surface area contributed by atoms with Crippen LogP contribution in [0.1, 0.15) is 16.9 Å². The Hall–Kier alpha value is -1.50. The van der Waals surface area contributed by atoms with Gasteiger partial charge in [-0.25, -0.2) is 13.2 Å². The zero-order valence-electron chi connectivity index (χ0n) is 9.84. The number of nitrogens with zero attached hydrogens (tertiary/aromatic N) is 1. The fourth-order valence-electron chi connectivity index (χ4n) is 1.35. The fourth-order valence-corrected chi connectivity index (χ4v) is 2.00. The summed E-state index contributed by atoms with van der Waals surface area (Å²) in [5.41, 5.74) is 6.35. The van der Waals surface area contributed by atoms with E-state index in [-0.39, 0.29) is 12.4 Å². The van der Waals surface area contributed by atoms with E-state index < -0.39 is 15.8 Å². The van der Waals surface area contributed by atoms with Crippen LogP contribution in [0.5, 0.6) is 0 Å². The van der Waals surface area contributed by atoms with Crippen molar-refractivity contribution >= 4 is 21.5 Å². The van der Waals surface area contributed by atoms with Gasteiger partial charge in [-0.1, -0.05) is 0 Å². The summed E-state index contributed by atoms with van der Waals surface area (Å²) < 4.78 is 28.2. The zero-order valence-corrected chi connectivity index (χ0v) is 10.7. The summed E-state index contributed by atoms with van der Waals surface area (Å²) in [6, 6.07) is 1.51. The van der Waals surface area contributed by atoms with E-state index in [0.29, 0.717) is 17.8 Å². The van der Waals surface area contributed by atoms with Gasteiger partial charge in [-0.15, -0.1) is 0 Å². The molecule has 0 aliphatic rings. The average Bonchev–Trinajstić information content (AvgIpc) is 2.51. The topological polar surface area (TPSA) is 91.4 Å². The molecule has 1 aromatic heterocycles. The number of nitrogens with two attached hydrogens (primary N) is 1. The standard InChI is InChI=1S/C10H16N2O4S/c1-12-7-8(11)6-9(12)10(13)16-4-3-5-17(2,14)15/h6-7H,3-5,11H2,1-2H3. The van der Waals surface area contributed by atoms with Crippen molar-refractivity contribution in [3.8, 4) is 0 Å². The highest BCUT2D eigenvalue weighted by Crippen LogP contribution is 2.10. The third kappa shape index (κ3) is 4.48. The molecule has 0 aromatic carbocycles. The van der Waals surface area contributed by atoms with Crippen molar-refractivity contribution in [3.05, 3.63) is 18.0 Å². The largest absolute Gasteiger partial charge is 0.461 e. The molecule has 1 aromatic rings. The monoisotopic (exact) mass is 260 g/mol. The Morgan fingerprint density at radius 2 is 2.18 bits per heavy atom. The van der Waals surface area contributed by atoms with Crippen LogP contribution in [0.15, 0.2) is 12.3 Å². The lowest BCUT2D eigenvalue weighted by atomic mass is 10.4. The number of carbonyl (C=O) groups excluding carboxylic acids is 1. The lowest BCUT2D eigenvalue weighted by Gasteiger charge is -2.04. The predicted molar refractivity (Wildman–Crippen MR) is 64.4 cm³/mol. The van der Waals surface area contributed by atoms with Crippen LogP contribution in [0.2, 0.25) is 0 Å².